The van der Waals surface area contributed by atoms with Crippen LogP contribution in [0.25, 0.3) is 0 Å². The molecule has 0 aliphatic rings. The summed E-state index contributed by atoms with van der Waals surface area (Å²) in [6.45, 7) is 2.60. The summed E-state index contributed by atoms with van der Waals surface area (Å²) in [5, 5.41) is 11.9. The van der Waals surface area contributed by atoms with E-state index in [9.17, 15) is 9.18 Å². The van der Waals surface area contributed by atoms with Gasteiger partial charge in [-0.3, -0.25) is 10.1 Å². The molecule has 6 nitrogen and oxygen atoms in total. The van der Waals surface area contributed by atoms with Crippen LogP contribution in [0.2, 0.25) is 0 Å². The molecular weight excluding hydrogens is 393 g/mol. The predicted octanol–water partition coefficient (Wildman–Crippen LogP) is 3.76. The van der Waals surface area contributed by atoms with Gasteiger partial charge in [0, 0.05) is 18.9 Å². The zero-order valence-electron chi connectivity index (χ0n) is 13.9. The van der Waals surface area contributed by atoms with Crippen LogP contribution in [0.4, 0.5) is 9.52 Å². The van der Waals surface area contributed by atoms with Crippen LogP contribution >= 0.6 is 34.9 Å². The number of carbonyl (C=O) groups is 1. The van der Waals surface area contributed by atoms with Gasteiger partial charge in [-0.15, -0.1) is 10.2 Å². The summed E-state index contributed by atoms with van der Waals surface area (Å²) < 4.78 is 15.8. The fourth-order valence-electron chi connectivity index (χ4n) is 2.07. The standard InChI is InChI=1S/C16H16FN5OS3/c1-2-24-16-21-20-14(26-16)19-13(23)10-25-15-18-7-8-22(15)9-11-3-5-12(17)6-4-11/h3-8H,2,9-10H2,1H3,(H,19,20,23). The molecule has 2 aromatic heterocycles. The molecular formula is C16H16FN5OS3. The molecule has 0 spiro atoms. The lowest BCUT2D eigenvalue weighted by atomic mass is 10.2. The first kappa shape index (κ1) is 18.9. The number of anilines is 1. The highest BCUT2D eigenvalue weighted by molar-refractivity contribution is 8.01. The van der Waals surface area contributed by atoms with E-state index in [1.807, 2.05) is 17.7 Å². The van der Waals surface area contributed by atoms with E-state index in [4.69, 9.17) is 0 Å². The monoisotopic (exact) mass is 409 g/mol. The highest BCUT2D eigenvalue weighted by Crippen LogP contribution is 2.25. The number of benzene rings is 1. The summed E-state index contributed by atoms with van der Waals surface area (Å²) in [7, 11) is 0. The molecule has 0 radical (unpaired) electrons. The zero-order chi connectivity index (χ0) is 18.4. The molecule has 26 heavy (non-hydrogen) atoms. The molecule has 10 heteroatoms. The number of halogens is 1. The lowest BCUT2D eigenvalue weighted by Gasteiger charge is -2.07. The van der Waals surface area contributed by atoms with Crippen molar-refractivity contribution in [1.82, 2.24) is 19.7 Å². The van der Waals surface area contributed by atoms with Gasteiger partial charge in [0.25, 0.3) is 0 Å². The van der Waals surface area contributed by atoms with Crippen molar-refractivity contribution in [3.05, 3.63) is 48.0 Å². The molecule has 0 aliphatic heterocycles. The summed E-state index contributed by atoms with van der Waals surface area (Å²) in [6.07, 6.45) is 3.52. The van der Waals surface area contributed by atoms with Crippen molar-refractivity contribution in [2.24, 2.45) is 0 Å². The van der Waals surface area contributed by atoms with Crippen LogP contribution in [0.5, 0.6) is 0 Å². The Hall–Kier alpha value is -1.91. The van der Waals surface area contributed by atoms with Crippen LogP contribution in [-0.2, 0) is 11.3 Å². The average Bonchev–Trinajstić information content (AvgIpc) is 3.25. The van der Waals surface area contributed by atoms with Crippen molar-refractivity contribution in [2.75, 3.05) is 16.8 Å². The second kappa shape index (κ2) is 9.15. The van der Waals surface area contributed by atoms with Crippen LogP contribution in [-0.4, -0.2) is 37.2 Å². The van der Waals surface area contributed by atoms with Gasteiger partial charge in [0.15, 0.2) is 9.50 Å². The topological polar surface area (TPSA) is 72.7 Å². The first-order valence-electron chi connectivity index (χ1n) is 7.78. The van der Waals surface area contributed by atoms with Crippen molar-refractivity contribution in [3.8, 4) is 0 Å². The largest absolute Gasteiger partial charge is 0.322 e. The Morgan fingerprint density at radius 1 is 1.27 bits per heavy atom. The lowest BCUT2D eigenvalue weighted by molar-refractivity contribution is -0.113. The third kappa shape index (κ3) is 5.29. The zero-order valence-corrected chi connectivity index (χ0v) is 16.3. The number of hydrogen-bond donors (Lipinski definition) is 1. The van der Waals surface area contributed by atoms with Crippen molar-refractivity contribution in [1.29, 1.82) is 0 Å². The van der Waals surface area contributed by atoms with Crippen LogP contribution < -0.4 is 5.32 Å². The highest BCUT2D eigenvalue weighted by Gasteiger charge is 2.11. The Morgan fingerprint density at radius 2 is 2.08 bits per heavy atom. The molecule has 1 amide bonds. The molecule has 0 unspecified atom stereocenters. The molecule has 0 aliphatic carbocycles. The van der Waals surface area contributed by atoms with Gasteiger partial charge in [-0.25, -0.2) is 9.37 Å². The van der Waals surface area contributed by atoms with Gasteiger partial charge < -0.3 is 4.57 Å². The van der Waals surface area contributed by atoms with E-state index < -0.39 is 0 Å². The summed E-state index contributed by atoms with van der Waals surface area (Å²) in [5.41, 5.74) is 0.963. The van der Waals surface area contributed by atoms with Gasteiger partial charge in [0.05, 0.1) is 5.75 Å². The molecule has 0 saturated carbocycles. The number of amides is 1. The normalized spacial score (nSPS) is 10.8. The van der Waals surface area contributed by atoms with E-state index in [-0.39, 0.29) is 17.5 Å². The first-order valence-corrected chi connectivity index (χ1v) is 10.6. The molecule has 3 rings (SSSR count). The first-order chi connectivity index (χ1) is 12.6. The van der Waals surface area contributed by atoms with Gasteiger partial charge in [0.1, 0.15) is 5.82 Å². The number of nitrogens with zero attached hydrogens (tertiary/aromatic N) is 4. The van der Waals surface area contributed by atoms with Crippen molar-refractivity contribution >= 4 is 45.9 Å². The Bertz CT molecular complexity index is 865. The third-order valence-electron chi connectivity index (χ3n) is 3.20. The molecule has 0 fully saturated rings. The van der Waals surface area contributed by atoms with Crippen molar-refractivity contribution in [3.63, 3.8) is 0 Å². The average molecular weight is 410 g/mol. The minimum Gasteiger partial charge on any atom is -0.322 e. The number of nitrogens with one attached hydrogen (secondary N) is 1. The van der Waals surface area contributed by atoms with Crippen molar-refractivity contribution in [2.45, 2.75) is 23.0 Å². The van der Waals surface area contributed by atoms with Crippen LogP contribution in [0.15, 0.2) is 46.2 Å². The van der Waals surface area contributed by atoms with E-state index in [0.717, 1.165) is 20.8 Å². The highest BCUT2D eigenvalue weighted by atomic mass is 32.2. The van der Waals surface area contributed by atoms with Gasteiger partial charge in [0.2, 0.25) is 11.0 Å². The van der Waals surface area contributed by atoms with E-state index in [1.165, 1.54) is 35.2 Å². The van der Waals surface area contributed by atoms with Gasteiger partial charge in [-0.1, -0.05) is 53.9 Å². The molecule has 1 N–H and O–H groups in total. The van der Waals surface area contributed by atoms with Gasteiger partial charge in [-0.05, 0) is 23.4 Å². The second-order valence-electron chi connectivity index (χ2n) is 5.11. The lowest BCUT2D eigenvalue weighted by Crippen LogP contribution is -2.14. The van der Waals surface area contributed by atoms with Crippen LogP contribution in [0, 0.1) is 5.82 Å². The van der Waals surface area contributed by atoms with E-state index in [2.05, 4.69) is 20.5 Å². The minimum absolute atomic E-state index is 0.157. The van der Waals surface area contributed by atoms with Crippen molar-refractivity contribution < 1.29 is 9.18 Å². The van der Waals surface area contributed by atoms with E-state index >= 15 is 0 Å². The fraction of sp³-hybridized carbons (Fsp3) is 0.250. The molecule has 0 saturated heterocycles. The molecule has 0 bridgehead atoms. The van der Waals surface area contributed by atoms with Crippen LogP contribution in [0.1, 0.15) is 12.5 Å². The molecule has 136 valence electrons. The quantitative estimate of drug-likeness (QED) is 0.451. The number of hydrogen-bond acceptors (Lipinski definition) is 7. The van der Waals surface area contributed by atoms with Gasteiger partial charge in [-0.2, -0.15) is 0 Å². The summed E-state index contributed by atoms with van der Waals surface area (Å²) in [6, 6.07) is 6.33. The Kier molecular flexibility index (Phi) is 6.64. The number of carbonyl (C=O) groups excluding carboxylic acids is 1. The SMILES string of the molecule is CCSc1nnc(NC(=O)CSc2nccn2Cc2ccc(F)cc2)s1. The summed E-state index contributed by atoms with van der Waals surface area (Å²) in [5.74, 6) is 0.712. The van der Waals surface area contributed by atoms with Crippen LogP contribution in [0.3, 0.4) is 0 Å². The van der Waals surface area contributed by atoms with E-state index in [0.29, 0.717) is 11.7 Å². The maximum absolute atomic E-state index is 13.0. The molecule has 2 heterocycles. The second-order valence-corrected chi connectivity index (χ2v) is 8.54. The number of thioether (sulfide) groups is 2. The summed E-state index contributed by atoms with van der Waals surface area (Å²) in [4.78, 5) is 16.4. The number of rotatable bonds is 8. The number of imidazole rings is 1. The molecule has 0 atom stereocenters. The molecule has 1 aromatic carbocycles. The van der Waals surface area contributed by atoms with Gasteiger partial charge >= 0.3 is 0 Å². The predicted molar refractivity (Wildman–Crippen MR) is 103 cm³/mol. The minimum atomic E-state index is -0.261. The Labute approximate surface area is 162 Å². The maximum atomic E-state index is 13.0. The third-order valence-corrected chi connectivity index (χ3v) is 6.06. The summed E-state index contributed by atoms with van der Waals surface area (Å²) >= 11 is 4.29. The van der Waals surface area contributed by atoms with E-state index in [1.54, 1.807) is 30.1 Å². The number of aromatic nitrogens is 4. The smallest absolute Gasteiger partial charge is 0.236 e. The Morgan fingerprint density at radius 3 is 2.85 bits per heavy atom. The Balaban J connectivity index is 1.53. The fourth-order valence-corrected chi connectivity index (χ4v) is 4.49. The maximum Gasteiger partial charge on any atom is 0.236 e. The molecule has 3 aromatic rings.